The molecule has 0 saturated carbocycles. The zero-order valence-electron chi connectivity index (χ0n) is 14.6. The predicted octanol–water partition coefficient (Wildman–Crippen LogP) is 1.43. The molecule has 0 bridgehead atoms. The van der Waals surface area contributed by atoms with E-state index in [1.54, 1.807) is 30.3 Å². The maximum atomic E-state index is 12.2. The molecule has 0 saturated heterocycles. The Bertz CT molecular complexity index is 868. The van der Waals surface area contributed by atoms with E-state index < -0.39 is 17.8 Å². The quantitative estimate of drug-likeness (QED) is 0.414. The van der Waals surface area contributed by atoms with Crippen LogP contribution in [0.2, 0.25) is 0 Å². The summed E-state index contributed by atoms with van der Waals surface area (Å²) in [5, 5.41) is 2.29. The summed E-state index contributed by atoms with van der Waals surface area (Å²) < 4.78 is 9.63. The van der Waals surface area contributed by atoms with E-state index in [0.29, 0.717) is 11.3 Å². The van der Waals surface area contributed by atoms with Crippen LogP contribution in [0.1, 0.15) is 31.1 Å². The summed E-state index contributed by atoms with van der Waals surface area (Å²) in [5.41, 5.74) is 5.63. The molecule has 8 nitrogen and oxygen atoms in total. The molecular weight excluding hydrogens is 370 g/mol. The molecule has 3 N–H and O–H groups in total. The van der Waals surface area contributed by atoms with Crippen molar-refractivity contribution in [3.8, 4) is 5.75 Å². The first-order valence-corrected chi connectivity index (χ1v) is 8.09. The number of benzene rings is 2. The van der Waals surface area contributed by atoms with Crippen molar-refractivity contribution in [3.63, 3.8) is 0 Å². The number of esters is 1. The fourth-order valence-electron chi connectivity index (χ4n) is 2.04. The predicted molar refractivity (Wildman–Crippen MR) is 101 cm³/mol. The Hall–Kier alpha value is -3.46. The molecule has 9 heteroatoms. The number of carbonyl (C=O) groups is 3. The maximum absolute atomic E-state index is 12.2. The molecule has 140 valence electrons. The van der Waals surface area contributed by atoms with Crippen molar-refractivity contribution in [1.29, 1.82) is 0 Å². The Morgan fingerprint density at radius 1 is 0.852 bits per heavy atom. The summed E-state index contributed by atoms with van der Waals surface area (Å²) in [4.78, 5) is 35.7. The molecule has 0 radical (unpaired) electrons. The van der Waals surface area contributed by atoms with Gasteiger partial charge in [-0.1, -0.05) is 6.07 Å². The molecular formula is C18H17N3O5S. The van der Waals surface area contributed by atoms with Crippen molar-refractivity contribution in [2.45, 2.75) is 0 Å². The van der Waals surface area contributed by atoms with Gasteiger partial charge in [-0.15, -0.1) is 0 Å². The van der Waals surface area contributed by atoms with E-state index in [2.05, 4.69) is 20.9 Å². The van der Waals surface area contributed by atoms with Gasteiger partial charge in [0.2, 0.25) is 0 Å². The monoisotopic (exact) mass is 387 g/mol. The second kappa shape index (κ2) is 9.30. The first-order chi connectivity index (χ1) is 12.9. The summed E-state index contributed by atoms with van der Waals surface area (Å²) in [6, 6.07) is 12.4. The van der Waals surface area contributed by atoms with E-state index in [4.69, 9.17) is 17.0 Å². The fraction of sp³-hybridized carbons (Fsp3) is 0.111. The summed E-state index contributed by atoms with van der Waals surface area (Å²) in [6.45, 7) is 0. The van der Waals surface area contributed by atoms with E-state index >= 15 is 0 Å². The van der Waals surface area contributed by atoms with Crippen molar-refractivity contribution in [1.82, 2.24) is 16.2 Å². The molecule has 2 rings (SSSR count). The van der Waals surface area contributed by atoms with Crippen LogP contribution in [-0.2, 0) is 4.74 Å². The number of thiocarbonyl (C=S) groups is 1. The van der Waals surface area contributed by atoms with Crippen LogP contribution >= 0.6 is 12.2 Å². The lowest BCUT2D eigenvalue weighted by molar-refractivity contribution is 0.0600. The van der Waals surface area contributed by atoms with Gasteiger partial charge in [-0.05, 0) is 54.7 Å². The average molecular weight is 387 g/mol. The van der Waals surface area contributed by atoms with Gasteiger partial charge in [0.15, 0.2) is 5.11 Å². The Labute approximate surface area is 160 Å². The number of hydrogen-bond donors (Lipinski definition) is 3. The van der Waals surface area contributed by atoms with E-state index in [1.807, 2.05) is 0 Å². The minimum atomic E-state index is -0.558. The number of rotatable bonds is 4. The molecule has 0 aliphatic carbocycles. The van der Waals surface area contributed by atoms with Gasteiger partial charge in [-0.3, -0.25) is 25.8 Å². The highest BCUT2D eigenvalue weighted by Crippen LogP contribution is 2.11. The zero-order chi connectivity index (χ0) is 19.8. The smallest absolute Gasteiger partial charge is 0.337 e. The summed E-state index contributed by atoms with van der Waals surface area (Å²) in [7, 11) is 2.78. The lowest BCUT2D eigenvalue weighted by Gasteiger charge is -2.11. The second-order valence-corrected chi connectivity index (χ2v) is 5.57. The third kappa shape index (κ3) is 5.51. The Kier molecular flexibility index (Phi) is 6.84. The van der Waals surface area contributed by atoms with Crippen molar-refractivity contribution in [2.75, 3.05) is 14.2 Å². The summed E-state index contributed by atoms with van der Waals surface area (Å²) in [5.74, 6) is -0.924. The molecule has 0 aliphatic heterocycles. The molecule has 2 amide bonds. The van der Waals surface area contributed by atoms with Crippen molar-refractivity contribution in [2.24, 2.45) is 0 Å². The Morgan fingerprint density at radius 3 is 2.15 bits per heavy atom. The minimum Gasteiger partial charge on any atom is -0.497 e. The van der Waals surface area contributed by atoms with E-state index in [-0.39, 0.29) is 16.2 Å². The zero-order valence-corrected chi connectivity index (χ0v) is 15.4. The number of ether oxygens (including phenoxy) is 2. The second-order valence-electron chi connectivity index (χ2n) is 5.16. The Morgan fingerprint density at radius 2 is 1.52 bits per heavy atom. The molecule has 2 aromatic carbocycles. The molecule has 0 atom stereocenters. The molecule has 0 spiro atoms. The van der Waals surface area contributed by atoms with Crippen LogP contribution in [0.4, 0.5) is 0 Å². The maximum Gasteiger partial charge on any atom is 0.337 e. The normalized spacial score (nSPS) is 9.70. The molecule has 27 heavy (non-hydrogen) atoms. The van der Waals surface area contributed by atoms with Gasteiger partial charge in [-0.25, -0.2) is 4.79 Å². The lowest BCUT2D eigenvalue weighted by atomic mass is 10.1. The van der Waals surface area contributed by atoms with Gasteiger partial charge >= 0.3 is 5.97 Å². The van der Waals surface area contributed by atoms with E-state index in [0.717, 1.165) is 0 Å². The van der Waals surface area contributed by atoms with Crippen LogP contribution in [0, 0.1) is 0 Å². The third-order valence-corrected chi connectivity index (χ3v) is 3.62. The van der Waals surface area contributed by atoms with E-state index in [9.17, 15) is 14.4 Å². The summed E-state index contributed by atoms with van der Waals surface area (Å²) >= 11 is 4.98. The van der Waals surface area contributed by atoms with Gasteiger partial charge in [0.05, 0.1) is 19.8 Å². The number of methoxy groups -OCH3 is 2. The minimum absolute atomic E-state index is 0.106. The molecule has 0 fully saturated rings. The van der Waals surface area contributed by atoms with Crippen LogP contribution in [-0.4, -0.2) is 37.1 Å². The van der Waals surface area contributed by atoms with Crippen molar-refractivity contribution in [3.05, 3.63) is 65.2 Å². The highest BCUT2D eigenvalue weighted by atomic mass is 32.1. The van der Waals surface area contributed by atoms with Crippen LogP contribution in [0.15, 0.2) is 48.5 Å². The molecule has 0 aliphatic rings. The highest BCUT2D eigenvalue weighted by Gasteiger charge is 2.12. The summed E-state index contributed by atoms with van der Waals surface area (Å²) in [6.07, 6.45) is 0. The molecule has 0 aromatic heterocycles. The molecule has 0 heterocycles. The SMILES string of the molecule is COC(=O)c1cccc(C(=O)NC(=S)NNC(=O)c2ccc(OC)cc2)c1. The van der Waals surface area contributed by atoms with Gasteiger partial charge in [-0.2, -0.15) is 0 Å². The Balaban J connectivity index is 1.90. The standard InChI is InChI=1S/C18H17N3O5S/c1-25-14-8-6-11(7-9-14)16(23)20-21-18(27)19-15(22)12-4-3-5-13(10-12)17(24)26-2/h3-10H,1-2H3,(H,20,23)(H2,19,21,22,27). The lowest BCUT2D eigenvalue weighted by Crippen LogP contribution is -2.48. The van der Waals surface area contributed by atoms with Gasteiger partial charge in [0.25, 0.3) is 11.8 Å². The third-order valence-electron chi connectivity index (χ3n) is 3.41. The number of nitrogens with one attached hydrogen (secondary N) is 3. The van der Waals surface area contributed by atoms with Crippen LogP contribution in [0.3, 0.4) is 0 Å². The van der Waals surface area contributed by atoms with Crippen LogP contribution < -0.4 is 20.9 Å². The number of hydrogen-bond acceptors (Lipinski definition) is 6. The highest BCUT2D eigenvalue weighted by molar-refractivity contribution is 7.80. The van der Waals surface area contributed by atoms with Crippen LogP contribution in [0.25, 0.3) is 0 Å². The molecule has 0 unspecified atom stereocenters. The first-order valence-electron chi connectivity index (χ1n) is 7.68. The number of amides is 2. The fourth-order valence-corrected chi connectivity index (χ4v) is 2.18. The van der Waals surface area contributed by atoms with Gasteiger partial charge in [0.1, 0.15) is 5.75 Å². The molecule has 2 aromatic rings. The van der Waals surface area contributed by atoms with Gasteiger partial charge in [0, 0.05) is 11.1 Å². The van der Waals surface area contributed by atoms with Crippen molar-refractivity contribution >= 4 is 35.1 Å². The number of hydrazine groups is 1. The van der Waals surface area contributed by atoms with Crippen molar-refractivity contribution < 1.29 is 23.9 Å². The largest absolute Gasteiger partial charge is 0.497 e. The topological polar surface area (TPSA) is 106 Å². The number of carbonyl (C=O) groups excluding carboxylic acids is 3. The van der Waals surface area contributed by atoms with Crippen LogP contribution in [0.5, 0.6) is 5.75 Å². The average Bonchev–Trinajstić information content (AvgIpc) is 2.71. The van der Waals surface area contributed by atoms with E-state index in [1.165, 1.54) is 32.4 Å². The van der Waals surface area contributed by atoms with Gasteiger partial charge < -0.3 is 9.47 Å². The first kappa shape index (κ1) is 19.9.